The predicted molar refractivity (Wildman–Crippen MR) is 103 cm³/mol. The summed E-state index contributed by atoms with van der Waals surface area (Å²) in [4.78, 5) is 0. The average molecular weight is 344 g/mol. The quantitative estimate of drug-likeness (QED) is 0.695. The lowest BCUT2D eigenvalue weighted by Gasteiger charge is -2.53. The van der Waals surface area contributed by atoms with Gasteiger partial charge in [0.05, 0.1) is 16.6 Å². The van der Waals surface area contributed by atoms with E-state index in [1.807, 2.05) is 55.6 Å². The molecule has 3 N–H and O–H groups in total. The van der Waals surface area contributed by atoms with E-state index in [1.54, 1.807) is 4.31 Å². The van der Waals surface area contributed by atoms with Crippen molar-refractivity contribution < 1.29 is 9.11 Å². The molecule has 1 aliphatic heterocycles. The fourth-order valence-electron chi connectivity index (χ4n) is 3.22. The molecule has 4 nitrogen and oxygen atoms in total. The SMILES string of the molecule is C=C(CNC)CC1Cc2ccccc2N(c2ccccc2)S1(O)O. The van der Waals surface area contributed by atoms with Gasteiger partial charge in [-0.3, -0.25) is 9.11 Å². The molecule has 0 radical (unpaired) electrons. The number of benzene rings is 2. The van der Waals surface area contributed by atoms with Crippen LogP contribution in [0.15, 0.2) is 66.7 Å². The second-order valence-corrected chi connectivity index (χ2v) is 8.28. The van der Waals surface area contributed by atoms with Crippen molar-refractivity contribution in [3.8, 4) is 0 Å². The Balaban J connectivity index is 2.03. The molecule has 2 aromatic rings. The van der Waals surface area contributed by atoms with Crippen LogP contribution < -0.4 is 9.62 Å². The number of rotatable bonds is 5. The summed E-state index contributed by atoms with van der Waals surface area (Å²) >= 11 is 0. The first kappa shape index (κ1) is 17.0. The molecular formula is C19H24N2O2S. The molecule has 0 saturated heterocycles. The number of para-hydroxylation sites is 2. The highest BCUT2D eigenvalue weighted by atomic mass is 32.3. The lowest BCUT2D eigenvalue weighted by molar-refractivity contribution is 0.462. The number of likely N-dealkylation sites (N-methyl/N-ethyl adjacent to an activating group) is 1. The van der Waals surface area contributed by atoms with Crippen molar-refractivity contribution in [2.45, 2.75) is 18.1 Å². The lowest BCUT2D eigenvalue weighted by atomic mass is 10.0. The number of hydrogen-bond donors (Lipinski definition) is 3. The summed E-state index contributed by atoms with van der Waals surface area (Å²) in [5.74, 6) is 0. The number of fused-ring (bicyclic) bond motifs is 1. The van der Waals surface area contributed by atoms with Crippen LogP contribution in [0.4, 0.5) is 11.4 Å². The van der Waals surface area contributed by atoms with Crippen LogP contribution in [-0.4, -0.2) is 27.9 Å². The summed E-state index contributed by atoms with van der Waals surface area (Å²) in [6.07, 6.45) is 1.23. The molecule has 0 saturated carbocycles. The standard InChI is InChI=1S/C19H24N2O2S/c1-15(14-20-2)12-18-13-16-8-6-7-11-19(16)21(24(18,22)23)17-9-4-3-5-10-17/h3-11,18,20,22-23H,1,12-14H2,2H3. The molecule has 3 rings (SSSR count). The largest absolute Gasteiger partial charge is 0.316 e. The zero-order valence-corrected chi connectivity index (χ0v) is 14.7. The number of nitrogens with zero attached hydrogens (tertiary/aromatic N) is 1. The number of anilines is 2. The normalized spacial score (nSPS) is 20.3. The second-order valence-electron chi connectivity index (χ2n) is 6.13. The average Bonchev–Trinajstić information content (AvgIpc) is 2.56. The number of hydrogen-bond acceptors (Lipinski definition) is 4. The minimum atomic E-state index is -3.00. The van der Waals surface area contributed by atoms with E-state index in [1.165, 1.54) is 0 Å². The first-order chi connectivity index (χ1) is 11.5. The fourth-order valence-corrected chi connectivity index (χ4v) is 5.28. The van der Waals surface area contributed by atoms with Crippen LogP contribution >= 0.6 is 10.8 Å². The fraction of sp³-hybridized carbons (Fsp3) is 0.263. The highest BCUT2D eigenvalue weighted by Gasteiger charge is 2.39. The Morgan fingerprint density at radius 1 is 1.17 bits per heavy atom. The van der Waals surface area contributed by atoms with Crippen molar-refractivity contribution in [2.75, 3.05) is 17.9 Å². The summed E-state index contributed by atoms with van der Waals surface area (Å²) in [5.41, 5.74) is 3.79. The molecule has 0 aromatic heterocycles. The zero-order valence-electron chi connectivity index (χ0n) is 13.9. The van der Waals surface area contributed by atoms with E-state index in [-0.39, 0.29) is 5.25 Å². The summed E-state index contributed by atoms with van der Waals surface area (Å²) in [6.45, 7) is 4.75. The number of nitrogens with one attached hydrogen (secondary N) is 1. The monoisotopic (exact) mass is 344 g/mol. The van der Waals surface area contributed by atoms with Gasteiger partial charge in [0.1, 0.15) is 0 Å². The lowest BCUT2D eigenvalue weighted by Crippen LogP contribution is -2.38. The van der Waals surface area contributed by atoms with E-state index in [0.29, 0.717) is 19.4 Å². The van der Waals surface area contributed by atoms with Crippen LogP contribution in [0.2, 0.25) is 0 Å². The third-order valence-electron chi connectivity index (χ3n) is 4.31. The Hall–Kier alpha value is -1.79. The molecule has 128 valence electrons. The Kier molecular flexibility index (Phi) is 4.96. The van der Waals surface area contributed by atoms with Gasteiger partial charge in [0.25, 0.3) is 0 Å². The van der Waals surface area contributed by atoms with Crippen LogP contribution in [0.3, 0.4) is 0 Å². The van der Waals surface area contributed by atoms with E-state index >= 15 is 0 Å². The van der Waals surface area contributed by atoms with Gasteiger partial charge in [-0.15, -0.1) is 10.8 Å². The van der Waals surface area contributed by atoms with Gasteiger partial charge >= 0.3 is 0 Å². The summed E-state index contributed by atoms with van der Waals surface area (Å²) in [7, 11) is -1.13. The van der Waals surface area contributed by atoms with Gasteiger partial charge in [-0.05, 0) is 43.7 Å². The molecule has 1 heterocycles. The van der Waals surface area contributed by atoms with Crippen molar-refractivity contribution in [2.24, 2.45) is 0 Å². The molecule has 1 unspecified atom stereocenters. The molecule has 0 amide bonds. The first-order valence-corrected chi connectivity index (χ1v) is 9.62. The zero-order chi connectivity index (χ0) is 17.2. The Morgan fingerprint density at radius 3 is 2.54 bits per heavy atom. The van der Waals surface area contributed by atoms with Gasteiger partial charge in [-0.2, -0.15) is 0 Å². The maximum absolute atomic E-state index is 11.1. The smallest absolute Gasteiger partial charge is 0.0770 e. The van der Waals surface area contributed by atoms with E-state index in [9.17, 15) is 9.11 Å². The van der Waals surface area contributed by atoms with E-state index in [2.05, 4.69) is 18.0 Å². The molecule has 1 atom stereocenters. The van der Waals surface area contributed by atoms with Crippen molar-refractivity contribution in [1.29, 1.82) is 0 Å². The summed E-state index contributed by atoms with van der Waals surface area (Å²) < 4.78 is 23.9. The molecule has 5 heteroatoms. The van der Waals surface area contributed by atoms with Gasteiger partial charge in [0.2, 0.25) is 0 Å². The van der Waals surface area contributed by atoms with Crippen molar-refractivity contribution in [1.82, 2.24) is 5.32 Å². The minimum absolute atomic E-state index is 0.270. The van der Waals surface area contributed by atoms with Crippen LogP contribution in [0.1, 0.15) is 12.0 Å². The van der Waals surface area contributed by atoms with E-state index in [4.69, 9.17) is 0 Å². The molecule has 0 fully saturated rings. The molecule has 24 heavy (non-hydrogen) atoms. The molecular weight excluding hydrogens is 320 g/mol. The molecule has 1 aliphatic rings. The highest BCUT2D eigenvalue weighted by Crippen LogP contribution is 2.60. The van der Waals surface area contributed by atoms with Gasteiger partial charge in [-0.25, -0.2) is 4.31 Å². The molecule has 0 spiro atoms. The van der Waals surface area contributed by atoms with Crippen molar-refractivity contribution >= 4 is 22.2 Å². The van der Waals surface area contributed by atoms with Gasteiger partial charge in [0.15, 0.2) is 0 Å². The van der Waals surface area contributed by atoms with Gasteiger partial charge in [-0.1, -0.05) is 48.6 Å². The van der Waals surface area contributed by atoms with Crippen molar-refractivity contribution in [3.05, 3.63) is 72.3 Å². The molecule has 0 aliphatic carbocycles. The van der Waals surface area contributed by atoms with Crippen molar-refractivity contribution in [3.63, 3.8) is 0 Å². The minimum Gasteiger partial charge on any atom is -0.316 e. The van der Waals surface area contributed by atoms with Crippen LogP contribution in [-0.2, 0) is 6.42 Å². The molecule has 2 aromatic carbocycles. The Labute approximate surface area is 145 Å². The topological polar surface area (TPSA) is 55.7 Å². The summed E-state index contributed by atoms with van der Waals surface area (Å²) in [6, 6.07) is 17.5. The third-order valence-corrected chi connectivity index (χ3v) is 6.48. The Morgan fingerprint density at radius 2 is 1.83 bits per heavy atom. The van der Waals surface area contributed by atoms with E-state index < -0.39 is 10.8 Å². The van der Waals surface area contributed by atoms with Gasteiger partial charge in [0, 0.05) is 6.54 Å². The predicted octanol–water partition coefficient (Wildman–Crippen LogP) is 4.58. The van der Waals surface area contributed by atoms with Crippen LogP contribution in [0, 0.1) is 0 Å². The second kappa shape index (κ2) is 6.99. The van der Waals surface area contributed by atoms with E-state index in [0.717, 1.165) is 22.5 Å². The van der Waals surface area contributed by atoms with Crippen LogP contribution in [0.5, 0.6) is 0 Å². The maximum Gasteiger partial charge on any atom is 0.0770 e. The Bertz CT molecular complexity index is 718. The highest BCUT2D eigenvalue weighted by molar-refractivity contribution is 8.26. The molecule has 0 bridgehead atoms. The first-order valence-electron chi connectivity index (χ1n) is 8.05. The maximum atomic E-state index is 11.1. The third kappa shape index (κ3) is 3.21. The summed E-state index contributed by atoms with van der Waals surface area (Å²) in [5, 5.41) is 2.81. The van der Waals surface area contributed by atoms with Crippen LogP contribution in [0.25, 0.3) is 0 Å². The van der Waals surface area contributed by atoms with Gasteiger partial charge < -0.3 is 5.32 Å².